The van der Waals surface area contributed by atoms with Gasteiger partial charge in [0.05, 0.1) is 26.3 Å². The Morgan fingerprint density at radius 2 is 0.857 bits per heavy atom. The van der Waals surface area contributed by atoms with Crippen LogP contribution in [0.15, 0.2) is 97.1 Å². The van der Waals surface area contributed by atoms with Gasteiger partial charge in [0.2, 0.25) is 0 Å². The molecule has 0 bridgehead atoms. The number of nitrogens with zero attached hydrogens (tertiary/aromatic N) is 4. The van der Waals surface area contributed by atoms with Gasteiger partial charge in [-0.25, -0.2) is 19.2 Å². The van der Waals surface area contributed by atoms with E-state index in [-0.39, 0.29) is 12.8 Å². The third-order valence-corrected chi connectivity index (χ3v) is 8.89. The summed E-state index contributed by atoms with van der Waals surface area (Å²) < 4.78 is 10.4. The van der Waals surface area contributed by atoms with Gasteiger partial charge in [0.1, 0.15) is 11.5 Å². The van der Waals surface area contributed by atoms with Crippen LogP contribution in [0.5, 0.6) is 11.5 Å². The van der Waals surface area contributed by atoms with Gasteiger partial charge in [0.15, 0.2) is 0 Å². The quantitative estimate of drug-likeness (QED) is 0.0963. The number of amides is 4. The number of urea groups is 2. The van der Waals surface area contributed by atoms with Crippen LogP contribution in [0.2, 0.25) is 10.0 Å². The summed E-state index contributed by atoms with van der Waals surface area (Å²) in [5.74, 6) is -2.02. The molecular weight excluding hydrogens is 763 g/mol. The number of halogens is 2. The summed E-state index contributed by atoms with van der Waals surface area (Å²) in [5, 5.41) is 7.90. The zero-order chi connectivity index (χ0) is 40.8. The summed E-state index contributed by atoms with van der Waals surface area (Å²) in [6, 6.07) is 22.8. The molecule has 0 saturated heterocycles. The van der Waals surface area contributed by atoms with Gasteiger partial charge < -0.3 is 39.6 Å². The molecule has 0 aromatic heterocycles. The van der Waals surface area contributed by atoms with Crippen molar-refractivity contribution in [3.63, 3.8) is 0 Å². The summed E-state index contributed by atoms with van der Waals surface area (Å²) >= 11 is 12.4. The van der Waals surface area contributed by atoms with E-state index < -0.39 is 36.1 Å². The van der Waals surface area contributed by atoms with Gasteiger partial charge in [-0.15, -0.1) is 10.1 Å². The Balaban J connectivity index is 1.70. The molecule has 0 fully saturated rings. The normalized spacial score (nSPS) is 12.0. The Kier molecular flexibility index (Phi) is 16.2. The molecule has 0 heterocycles. The molecule has 0 saturated carbocycles. The van der Waals surface area contributed by atoms with E-state index in [1.807, 2.05) is 38.0 Å². The lowest BCUT2D eigenvalue weighted by atomic mass is 10.0. The molecule has 2 atom stereocenters. The lowest BCUT2D eigenvalue weighted by molar-refractivity contribution is -0.212. The van der Waals surface area contributed by atoms with Crippen molar-refractivity contribution in [3.05, 3.63) is 118 Å². The molecule has 0 radical (unpaired) electrons. The molecule has 14 nitrogen and oxygen atoms in total. The van der Waals surface area contributed by atoms with Crippen LogP contribution in [0.1, 0.15) is 36.1 Å². The Bertz CT molecular complexity index is 1760. The largest absolute Gasteiger partial charge is 0.497 e. The standard InChI is InChI=1S/C40H46Cl2N6O8/c1-45(2)25-23-35(27-7-11-29(41)12-8-27)47(39(51)43-31-15-19-33(53-5)20-16-31)55-37(49)38(50)56-48(40(52)44-32-17-21-34(54-6)22-18-32)36(24-26-46(3)4)28-9-13-30(42)14-10-28/h7-22,35-36H,23-26H2,1-6H3,(H,43,51)(H,44,52). The molecule has 2 unspecified atom stereocenters. The first-order valence-corrected chi connectivity index (χ1v) is 18.3. The number of nitrogens with one attached hydrogen (secondary N) is 2. The fraction of sp³-hybridized carbons (Fsp3) is 0.300. The number of hydrogen-bond donors (Lipinski definition) is 2. The maximum atomic E-state index is 14.0. The van der Waals surface area contributed by atoms with Crippen LogP contribution >= 0.6 is 23.2 Å². The van der Waals surface area contributed by atoms with Crippen molar-refractivity contribution in [3.8, 4) is 11.5 Å². The summed E-state index contributed by atoms with van der Waals surface area (Å²) in [5.41, 5.74) is 1.84. The first-order valence-electron chi connectivity index (χ1n) is 17.5. The minimum atomic E-state index is -1.57. The maximum Gasteiger partial charge on any atom is 0.444 e. The average Bonchev–Trinajstić information content (AvgIpc) is 3.18. The Labute approximate surface area is 336 Å². The topological polar surface area (TPSA) is 142 Å². The number of methoxy groups -OCH3 is 2. The molecule has 16 heteroatoms. The smallest absolute Gasteiger partial charge is 0.444 e. The third-order valence-electron chi connectivity index (χ3n) is 8.39. The van der Waals surface area contributed by atoms with E-state index in [0.29, 0.717) is 57.1 Å². The number of rotatable bonds is 14. The van der Waals surface area contributed by atoms with Gasteiger partial charge in [0, 0.05) is 21.4 Å². The predicted molar refractivity (Wildman–Crippen MR) is 215 cm³/mol. The second-order valence-corrected chi connectivity index (χ2v) is 13.9. The SMILES string of the molecule is COc1ccc(NC(=O)N(OC(=O)C(=O)ON(C(=O)Nc2ccc(OC)cc2)C(CCN(C)C)c2ccc(Cl)cc2)C(CCN(C)C)c2ccc(Cl)cc2)cc1. The summed E-state index contributed by atoms with van der Waals surface area (Å²) in [6.45, 7) is 0.908. The molecule has 2 N–H and O–H groups in total. The van der Waals surface area contributed by atoms with Crippen LogP contribution in [0.3, 0.4) is 0 Å². The number of benzene rings is 4. The van der Waals surface area contributed by atoms with Crippen molar-refractivity contribution in [2.75, 3.05) is 66.1 Å². The molecule has 4 amide bonds. The third kappa shape index (κ3) is 12.8. The van der Waals surface area contributed by atoms with E-state index in [1.165, 1.54) is 14.2 Å². The predicted octanol–water partition coefficient (Wildman–Crippen LogP) is 7.68. The first-order chi connectivity index (χ1) is 26.8. The number of carbonyl (C=O) groups excluding carboxylic acids is 4. The van der Waals surface area contributed by atoms with Gasteiger partial charge in [-0.2, -0.15) is 0 Å². The van der Waals surface area contributed by atoms with Crippen LogP contribution in [-0.4, -0.2) is 99.4 Å². The number of anilines is 2. The molecule has 0 aliphatic heterocycles. The minimum Gasteiger partial charge on any atom is -0.497 e. The Morgan fingerprint density at radius 1 is 0.536 bits per heavy atom. The molecular formula is C40H46Cl2N6O8. The van der Waals surface area contributed by atoms with E-state index in [1.54, 1.807) is 97.1 Å². The van der Waals surface area contributed by atoms with Gasteiger partial charge in [0.25, 0.3) is 0 Å². The maximum absolute atomic E-state index is 14.0. The Morgan fingerprint density at radius 3 is 1.14 bits per heavy atom. The molecule has 0 aliphatic carbocycles. The van der Waals surface area contributed by atoms with Crippen LogP contribution in [0.4, 0.5) is 21.0 Å². The van der Waals surface area contributed by atoms with Crippen LogP contribution < -0.4 is 20.1 Å². The molecule has 0 spiro atoms. The van der Waals surface area contributed by atoms with Crippen molar-refractivity contribution in [1.82, 2.24) is 19.9 Å². The molecule has 56 heavy (non-hydrogen) atoms. The zero-order valence-corrected chi connectivity index (χ0v) is 33.5. The van der Waals surface area contributed by atoms with Crippen molar-refractivity contribution >= 4 is 58.6 Å². The van der Waals surface area contributed by atoms with Crippen LogP contribution in [-0.2, 0) is 19.3 Å². The van der Waals surface area contributed by atoms with Crippen molar-refractivity contribution in [2.45, 2.75) is 24.9 Å². The minimum absolute atomic E-state index is 0.270. The van der Waals surface area contributed by atoms with E-state index in [4.69, 9.17) is 42.4 Å². The molecule has 0 aliphatic rings. The van der Waals surface area contributed by atoms with E-state index in [0.717, 1.165) is 10.1 Å². The summed E-state index contributed by atoms with van der Waals surface area (Å²) in [6.07, 6.45) is 0.541. The van der Waals surface area contributed by atoms with Crippen molar-refractivity contribution in [1.29, 1.82) is 0 Å². The van der Waals surface area contributed by atoms with Gasteiger partial charge >= 0.3 is 24.0 Å². The van der Waals surface area contributed by atoms with Crippen molar-refractivity contribution < 1.29 is 38.3 Å². The molecule has 4 rings (SSSR count). The van der Waals surface area contributed by atoms with Gasteiger partial charge in [-0.1, -0.05) is 47.5 Å². The molecule has 298 valence electrons. The van der Waals surface area contributed by atoms with Gasteiger partial charge in [-0.3, -0.25) is 0 Å². The van der Waals surface area contributed by atoms with E-state index in [2.05, 4.69) is 10.6 Å². The number of carbonyl (C=O) groups is 4. The fourth-order valence-corrected chi connectivity index (χ4v) is 5.67. The summed E-state index contributed by atoms with van der Waals surface area (Å²) in [7, 11) is 10.4. The number of hydroxylamine groups is 4. The van der Waals surface area contributed by atoms with E-state index in [9.17, 15) is 19.2 Å². The highest BCUT2D eigenvalue weighted by atomic mass is 35.5. The highest BCUT2D eigenvalue weighted by Crippen LogP contribution is 2.30. The summed E-state index contributed by atoms with van der Waals surface area (Å²) in [4.78, 5) is 70.7. The van der Waals surface area contributed by atoms with Crippen molar-refractivity contribution in [2.24, 2.45) is 0 Å². The average molecular weight is 810 g/mol. The van der Waals surface area contributed by atoms with Crippen LogP contribution in [0.25, 0.3) is 0 Å². The second kappa shape index (κ2) is 20.9. The molecule has 4 aromatic carbocycles. The highest BCUT2D eigenvalue weighted by Gasteiger charge is 2.37. The highest BCUT2D eigenvalue weighted by molar-refractivity contribution is 6.31. The number of ether oxygens (including phenoxy) is 2. The van der Waals surface area contributed by atoms with Gasteiger partial charge in [-0.05, 0) is 138 Å². The lowest BCUT2D eigenvalue weighted by Gasteiger charge is -2.32. The fourth-order valence-electron chi connectivity index (χ4n) is 5.42. The monoisotopic (exact) mass is 808 g/mol. The Hall–Kier alpha value is -5.54. The zero-order valence-electron chi connectivity index (χ0n) is 32.0. The van der Waals surface area contributed by atoms with Crippen LogP contribution in [0, 0.1) is 0 Å². The molecule has 4 aromatic rings. The number of hydrogen-bond acceptors (Lipinski definition) is 10. The second-order valence-electron chi connectivity index (χ2n) is 13.0. The lowest BCUT2D eigenvalue weighted by Crippen LogP contribution is -2.45. The van der Waals surface area contributed by atoms with E-state index >= 15 is 0 Å². The first kappa shape index (κ1) is 43.2.